The highest BCUT2D eigenvalue weighted by Gasteiger charge is 2.00. The second-order valence-corrected chi connectivity index (χ2v) is 6.86. The van der Waals surface area contributed by atoms with Gasteiger partial charge in [0.2, 0.25) is 0 Å². The summed E-state index contributed by atoms with van der Waals surface area (Å²) in [6.45, 7) is 2.20. The Balaban J connectivity index is 1.68. The maximum atomic E-state index is 14.3. The molecule has 2 heteroatoms. The van der Waals surface area contributed by atoms with Gasteiger partial charge in [0.05, 0.1) is 5.56 Å². The van der Waals surface area contributed by atoms with Crippen LogP contribution < -0.4 is 0 Å². The molecule has 144 valence electrons. The molecule has 0 unspecified atom stereocenters. The minimum absolute atomic E-state index is 0.260. The van der Waals surface area contributed by atoms with E-state index in [-0.39, 0.29) is 11.4 Å². The van der Waals surface area contributed by atoms with E-state index in [1.54, 1.807) is 24.3 Å². The summed E-state index contributed by atoms with van der Waals surface area (Å²) in [5.41, 5.74) is 3.57. The van der Waals surface area contributed by atoms with E-state index in [1.807, 2.05) is 12.1 Å². The van der Waals surface area contributed by atoms with Crippen LogP contribution in [0.1, 0.15) is 54.0 Å². The largest absolute Gasteiger partial charge is 0.207 e. The molecular formula is C27H22F2. The summed E-state index contributed by atoms with van der Waals surface area (Å²) < 4.78 is 27.5. The van der Waals surface area contributed by atoms with E-state index in [2.05, 4.69) is 42.7 Å². The third-order valence-electron chi connectivity index (χ3n) is 4.51. The van der Waals surface area contributed by atoms with Crippen molar-refractivity contribution in [2.45, 2.75) is 32.6 Å². The first-order valence-corrected chi connectivity index (χ1v) is 9.82. The molecule has 3 rings (SSSR count). The maximum absolute atomic E-state index is 14.3. The fraction of sp³-hybridized carbons (Fsp3) is 0.185. The molecule has 0 spiro atoms. The Hall–Kier alpha value is -3.36. The summed E-state index contributed by atoms with van der Waals surface area (Å²) >= 11 is 0. The van der Waals surface area contributed by atoms with Crippen LogP contribution in [0.2, 0.25) is 0 Å². The van der Waals surface area contributed by atoms with Gasteiger partial charge < -0.3 is 0 Å². The first-order chi connectivity index (χ1) is 14.1. The zero-order valence-electron chi connectivity index (χ0n) is 16.4. The highest BCUT2D eigenvalue weighted by molar-refractivity contribution is 5.48. The average Bonchev–Trinajstić information content (AvgIpc) is 2.73. The Morgan fingerprint density at radius 3 is 2.10 bits per heavy atom. The van der Waals surface area contributed by atoms with Gasteiger partial charge in [-0.1, -0.05) is 61.6 Å². The zero-order valence-corrected chi connectivity index (χ0v) is 16.4. The Labute approximate surface area is 171 Å². The summed E-state index contributed by atoms with van der Waals surface area (Å²) in [6.07, 6.45) is 4.76. The first kappa shape index (κ1) is 20.4. The second kappa shape index (κ2) is 10.3. The lowest BCUT2D eigenvalue weighted by molar-refractivity contribution is 0.624. The Morgan fingerprint density at radius 2 is 1.38 bits per heavy atom. The number of hydrogen-bond donors (Lipinski definition) is 0. The van der Waals surface area contributed by atoms with Crippen LogP contribution in [0, 0.1) is 35.3 Å². The fourth-order valence-electron chi connectivity index (χ4n) is 2.88. The van der Waals surface area contributed by atoms with E-state index in [4.69, 9.17) is 0 Å². The molecule has 0 N–H and O–H groups in total. The SMILES string of the molecule is CCCCCc1ccc(C#Cc2ccc(C#Cc3cccc(F)c3)c(F)c2)cc1. The minimum Gasteiger partial charge on any atom is -0.207 e. The molecule has 0 nitrogen and oxygen atoms in total. The van der Waals surface area contributed by atoms with E-state index >= 15 is 0 Å². The molecule has 0 aliphatic carbocycles. The van der Waals surface area contributed by atoms with Gasteiger partial charge in [-0.05, 0) is 66.9 Å². The summed E-state index contributed by atoms with van der Waals surface area (Å²) in [5, 5.41) is 0. The number of aryl methyl sites for hydroxylation is 1. The van der Waals surface area contributed by atoms with E-state index in [1.165, 1.54) is 43.0 Å². The Kier molecular flexibility index (Phi) is 7.21. The van der Waals surface area contributed by atoms with Gasteiger partial charge in [0.1, 0.15) is 11.6 Å². The lowest BCUT2D eigenvalue weighted by Gasteiger charge is -2.00. The quantitative estimate of drug-likeness (QED) is 0.356. The topological polar surface area (TPSA) is 0 Å². The molecule has 0 saturated carbocycles. The number of benzene rings is 3. The number of rotatable bonds is 4. The van der Waals surface area contributed by atoms with Crippen LogP contribution in [0.4, 0.5) is 8.78 Å². The van der Waals surface area contributed by atoms with Gasteiger partial charge in [0, 0.05) is 16.7 Å². The fourth-order valence-corrected chi connectivity index (χ4v) is 2.88. The van der Waals surface area contributed by atoms with Crippen molar-refractivity contribution in [3.05, 3.63) is 106 Å². The standard InChI is InChI=1S/C27H22F2/c1-2-3-4-6-21-9-11-22(12-10-21)13-14-24-16-18-25(27(29)20-24)17-15-23-7-5-8-26(28)19-23/h5,7-12,16,18-20H,2-4,6H2,1H3. The molecule has 29 heavy (non-hydrogen) atoms. The van der Waals surface area contributed by atoms with Gasteiger partial charge in [-0.25, -0.2) is 8.78 Å². The van der Waals surface area contributed by atoms with Crippen molar-refractivity contribution in [1.82, 2.24) is 0 Å². The van der Waals surface area contributed by atoms with Gasteiger partial charge in [-0.15, -0.1) is 0 Å². The number of unbranched alkanes of at least 4 members (excludes halogenated alkanes) is 2. The highest BCUT2D eigenvalue weighted by atomic mass is 19.1. The van der Waals surface area contributed by atoms with Crippen molar-refractivity contribution in [3.8, 4) is 23.7 Å². The third kappa shape index (κ3) is 6.34. The molecule has 0 aliphatic heterocycles. The van der Waals surface area contributed by atoms with E-state index in [0.29, 0.717) is 11.1 Å². The molecule has 0 heterocycles. The molecule has 3 aromatic rings. The minimum atomic E-state index is -0.438. The van der Waals surface area contributed by atoms with Gasteiger partial charge >= 0.3 is 0 Å². The van der Waals surface area contributed by atoms with E-state index < -0.39 is 5.82 Å². The van der Waals surface area contributed by atoms with Gasteiger partial charge in [-0.2, -0.15) is 0 Å². The molecule has 0 bridgehead atoms. The molecule has 0 aliphatic rings. The van der Waals surface area contributed by atoms with Crippen LogP contribution in [0.3, 0.4) is 0 Å². The van der Waals surface area contributed by atoms with Crippen LogP contribution >= 0.6 is 0 Å². The molecule has 0 amide bonds. The van der Waals surface area contributed by atoms with Crippen LogP contribution in [0.25, 0.3) is 0 Å². The molecule has 0 radical (unpaired) electrons. The summed E-state index contributed by atoms with van der Waals surface area (Å²) in [5.74, 6) is 10.8. The van der Waals surface area contributed by atoms with Crippen molar-refractivity contribution in [3.63, 3.8) is 0 Å². The number of hydrogen-bond acceptors (Lipinski definition) is 0. The van der Waals surface area contributed by atoms with Crippen molar-refractivity contribution in [1.29, 1.82) is 0 Å². The van der Waals surface area contributed by atoms with E-state index in [9.17, 15) is 8.78 Å². The van der Waals surface area contributed by atoms with Crippen molar-refractivity contribution < 1.29 is 8.78 Å². The van der Waals surface area contributed by atoms with Gasteiger partial charge in [-0.3, -0.25) is 0 Å². The monoisotopic (exact) mass is 384 g/mol. The van der Waals surface area contributed by atoms with E-state index in [0.717, 1.165) is 12.0 Å². The van der Waals surface area contributed by atoms with Crippen LogP contribution in [0.5, 0.6) is 0 Å². The second-order valence-electron chi connectivity index (χ2n) is 6.86. The van der Waals surface area contributed by atoms with Crippen LogP contribution in [-0.4, -0.2) is 0 Å². The average molecular weight is 384 g/mol. The molecule has 0 aromatic heterocycles. The van der Waals surface area contributed by atoms with Crippen molar-refractivity contribution in [2.24, 2.45) is 0 Å². The van der Waals surface area contributed by atoms with Crippen molar-refractivity contribution >= 4 is 0 Å². The molecule has 0 atom stereocenters. The molecular weight excluding hydrogens is 362 g/mol. The van der Waals surface area contributed by atoms with Crippen molar-refractivity contribution in [2.75, 3.05) is 0 Å². The predicted octanol–water partition coefficient (Wildman–Crippen LogP) is 6.50. The molecule has 0 saturated heterocycles. The Bertz CT molecular complexity index is 1090. The lowest BCUT2D eigenvalue weighted by Crippen LogP contribution is -1.87. The Morgan fingerprint density at radius 1 is 0.690 bits per heavy atom. The molecule has 0 fully saturated rings. The predicted molar refractivity (Wildman–Crippen MR) is 114 cm³/mol. The van der Waals surface area contributed by atoms with Crippen LogP contribution in [0.15, 0.2) is 66.7 Å². The normalized spacial score (nSPS) is 9.90. The summed E-state index contributed by atoms with van der Waals surface area (Å²) in [7, 11) is 0. The third-order valence-corrected chi connectivity index (χ3v) is 4.51. The van der Waals surface area contributed by atoms with Crippen LogP contribution in [-0.2, 0) is 6.42 Å². The smallest absolute Gasteiger partial charge is 0.140 e. The first-order valence-electron chi connectivity index (χ1n) is 9.82. The van der Waals surface area contributed by atoms with Gasteiger partial charge in [0.25, 0.3) is 0 Å². The lowest BCUT2D eigenvalue weighted by atomic mass is 10.1. The maximum Gasteiger partial charge on any atom is 0.140 e. The summed E-state index contributed by atoms with van der Waals surface area (Å²) in [4.78, 5) is 0. The summed E-state index contributed by atoms with van der Waals surface area (Å²) in [6, 6.07) is 18.9. The highest BCUT2D eigenvalue weighted by Crippen LogP contribution is 2.11. The number of halogens is 2. The molecule has 3 aromatic carbocycles. The zero-order chi connectivity index (χ0) is 20.5. The van der Waals surface area contributed by atoms with Gasteiger partial charge in [0.15, 0.2) is 0 Å².